The van der Waals surface area contributed by atoms with Crippen molar-refractivity contribution in [1.82, 2.24) is 0 Å². The molecule has 4 rings (SSSR count). The number of hydrogen-bond acceptors (Lipinski definition) is 5. The molecule has 274 valence electrons. The predicted molar refractivity (Wildman–Crippen MR) is 201 cm³/mol. The summed E-state index contributed by atoms with van der Waals surface area (Å²) in [5.74, 6) is 2.01. The van der Waals surface area contributed by atoms with Gasteiger partial charge in [0.2, 0.25) is 0 Å². The predicted octanol–water partition coefficient (Wildman–Crippen LogP) is 9.40. The fraction of sp³-hybridized carbons (Fsp3) is 0.651. The normalized spacial score (nSPS) is 29.8. The number of allylic oxidation sites excluding steroid dienone is 8. The summed E-state index contributed by atoms with van der Waals surface area (Å²) >= 11 is 0. The Morgan fingerprint density at radius 3 is 1.35 bits per heavy atom. The zero-order chi connectivity index (χ0) is 37.5. The summed E-state index contributed by atoms with van der Waals surface area (Å²) < 4.78 is 0. The molecule has 0 aromatic heterocycles. The smallest absolute Gasteiger partial charge is 0.290 e. The lowest BCUT2D eigenvalue weighted by Crippen LogP contribution is -2.36. The third kappa shape index (κ3) is 7.91. The average Bonchev–Trinajstić information content (AvgIpc) is 3.62. The number of rotatable bonds is 12. The number of aliphatic hydroxyl groups excluding tert-OH is 2. The van der Waals surface area contributed by atoms with Gasteiger partial charge in [0, 0.05) is 48.0 Å². The molecule has 0 heterocycles. The van der Waals surface area contributed by atoms with Gasteiger partial charge in [-0.25, -0.2) is 0 Å². The van der Waals surface area contributed by atoms with E-state index in [0.717, 1.165) is 49.7 Å². The molecule has 0 bridgehead atoms. The van der Waals surface area contributed by atoms with Crippen molar-refractivity contribution < 1.29 is 29.7 Å². The van der Waals surface area contributed by atoms with E-state index >= 15 is 0 Å². The van der Waals surface area contributed by atoms with Crippen molar-refractivity contribution >= 4 is 18.0 Å². The number of carbonyl (C=O) groups excluding carboxylic acids is 2. The van der Waals surface area contributed by atoms with E-state index in [1.54, 1.807) is 0 Å². The van der Waals surface area contributed by atoms with E-state index in [1.165, 1.54) is 22.3 Å². The minimum Gasteiger partial charge on any atom is -0.483 e. The molecule has 0 aromatic rings. The fourth-order valence-corrected chi connectivity index (χ4v) is 9.29. The van der Waals surface area contributed by atoms with Gasteiger partial charge < -0.3 is 15.3 Å². The molecule has 0 saturated heterocycles. The molecule has 0 spiro atoms. The summed E-state index contributed by atoms with van der Waals surface area (Å²) in [5.41, 5.74) is 6.33. The maximum atomic E-state index is 12.6. The topological polar surface area (TPSA) is 112 Å². The van der Waals surface area contributed by atoms with Crippen LogP contribution in [0.15, 0.2) is 71.9 Å². The Labute approximate surface area is 297 Å². The van der Waals surface area contributed by atoms with Crippen LogP contribution in [0.1, 0.15) is 120 Å². The molecule has 0 aliphatic heterocycles. The van der Waals surface area contributed by atoms with Crippen molar-refractivity contribution in [3.05, 3.63) is 71.9 Å². The Balaban J connectivity index is 0.000000315. The molecule has 0 radical (unpaired) electrons. The summed E-state index contributed by atoms with van der Waals surface area (Å²) in [5, 5.41) is 25.8. The van der Waals surface area contributed by atoms with Crippen LogP contribution in [-0.2, 0) is 14.4 Å². The summed E-state index contributed by atoms with van der Waals surface area (Å²) in [6.07, 6.45) is 12.7. The van der Waals surface area contributed by atoms with E-state index in [0.29, 0.717) is 49.1 Å². The average molecular weight is 679 g/mol. The summed E-state index contributed by atoms with van der Waals surface area (Å²) in [6, 6.07) is 0. The van der Waals surface area contributed by atoms with E-state index in [1.807, 2.05) is 12.2 Å². The van der Waals surface area contributed by atoms with Gasteiger partial charge in [-0.1, -0.05) is 89.1 Å². The van der Waals surface area contributed by atoms with E-state index in [9.17, 15) is 19.8 Å². The van der Waals surface area contributed by atoms with Gasteiger partial charge in [-0.05, 0) is 99.7 Å². The highest BCUT2D eigenvalue weighted by atomic mass is 16.3. The molecule has 4 aliphatic carbocycles. The highest BCUT2D eigenvalue weighted by Crippen LogP contribution is 2.60. The molecule has 49 heavy (non-hydrogen) atoms. The third-order valence-corrected chi connectivity index (χ3v) is 13.8. The molecule has 2 fully saturated rings. The number of ketones is 2. The summed E-state index contributed by atoms with van der Waals surface area (Å²) in [7, 11) is 0. The molecule has 4 aliphatic rings. The van der Waals surface area contributed by atoms with Gasteiger partial charge in [-0.15, -0.1) is 13.2 Å². The largest absolute Gasteiger partial charge is 0.483 e. The molecular formula is C43H66O6. The van der Waals surface area contributed by atoms with Gasteiger partial charge in [0.1, 0.15) is 0 Å². The molecule has 8 atom stereocenters. The minimum absolute atomic E-state index is 0.144. The Morgan fingerprint density at radius 1 is 0.776 bits per heavy atom. The van der Waals surface area contributed by atoms with Crippen molar-refractivity contribution in [2.45, 2.75) is 120 Å². The van der Waals surface area contributed by atoms with Crippen molar-refractivity contribution in [2.75, 3.05) is 13.2 Å². The highest BCUT2D eigenvalue weighted by molar-refractivity contribution is 6.01. The van der Waals surface area contributed by atoms with Crippen molar-refractivity contribution in [2.24, 2.45) is 45.3 Å². The first-order chi connectivity index (χ1) is 22.9. The van der Waals surface area contributed by atoms with Crippen LogP contribution in [0, 0.1) is 45.3 Å². The third-order valence-electron chi connectivity index (χ3n) is 13.8. The first-order valence-electron chi connectivity index (χ1n) is 18.3. The van der Waals surface area contributed by atoms with Crippen molar-refractivity contribution in [1.29, 1.82) is 0 Å². The van der Waals surface area contributed by atoms with Crippen LogP contribution >= 0.6 is 0 Å². The lowest BCUT2D eigenvalue weighted by Gasteiger charge is -2.45. The molecule has 6 heteroatoms. The highest BCUT2D eigenvalue weighted by Gasteiger charge is 2.52. The number of carboxylic acid groups (broad SMARTS) is 1. The number of aliphatic hydroxyl groups is 2. The molecule has 6 nitrogen and oxygen atoms in total. The second-order valence-corrected chi connectivity index (χ2v) is 16.0. The first kappa shape index (κ1) is 42.3. The second kappa shape index (κ2) is 16.9. The van der Waals surface area contributed by atoms with Crippen LogP contribution in [0.5, 0.6) is 0 Å². The molecule has 3 N–H and O–H groups in total. The zero-order valence-corrected chi connectivity index (χ0v) is 31.9. The lowest BCUT2D eigenvalue weighted by molar-refractivity contribution is -0.123. The van der Waals surface area contributed by atoms with Crippen molar-refractivity contribution in [3.8, 4) is 0 Å². The number of carbonyl (C=O) groups is 3. The van der Waals surface area contributed by atoms with Gasteiger partial charge >= 0.3 is 0 Å². The van der Waals surface area contributed by atoms with Crippen LogP contribution in [0.25, 0.3) is 0 Å². The molecule has 0 amide bonds. The summed E-state index contributed by atoms with van der Waals surface area (Å²) in [6.45, 7) is 34.4. The molecule has 2 saturated carbocycles. The second-order valence-electron chi connectivity index (χ2n) is 16.0. The van der Waals surface area contributed by atoms with Crippen LogP contribution in [0.2, 0.25) is 0 Å². The maximum absolute atomic E-state index is 12.6. The number of fused-ring (bicyclic) bond motifs is 2. The monoisotopic (exact) mass is 678 g/mol. The molecule has 0 aromatic carbocycles. The molecular weight excluding hydrogens is 612 g/mol. The van der Waals surface area contributed by atoms with Crippen LogP contribution < -0.4 is 0 Å². The zero-order valence-electron chi connectivity index (χ0n) is 31.9. The number of Topliss-reactive ketones (excluding diaryl/α,β-unsaturated/α-hetero) is 2. The van der Waals surface area contributed by atoms with Crippen LogP contribution in [0.4, 0.5) is 0 Å². The SMILES string of the molecule is C=CC(C)(CCO)C(C)C(=C)C12CCC(=O)C1=C(C)C(C)CC2.C=CC(C)(CCO)C(C)C(=C)C12CCC(=O)C1=C(C)C(C)CC2.O=CO. The quantitative estimate of drug-likeness (QED) is 0.140. The van der Waals surface area contributed by atoms with E-state index in [2.05, 4.69) is 81.7 Å². The van der Waals surface area contributed by atoms with Gasteiger partial charge in [0.05, 0.1) is 0 Å². The Morgan fingerprint density at radius 2 is 1.08 bits per heavy atom. The van der Waals surface area contributed by atoms with E-state index in [4.69, 9.17) is 9.90 Å². The first-order valence-corrected chi connectivity index (χ1v) is 18.3. The Bertz CT molecular complexity index is 1270. The maximum Gasteiger partial charge on any atom is 0.290 e. The molecule has 8 unspecified atom stereocenters. The summed E-state index contributed by atoms with van der Waals surface area (Å²) in [4.78, 5) is 33.5. The minimum atomic E-state index is -0.250. The van der Waals surface area contributed by atoms with Crippen molar-refractivity contribution in [3.63, 3.8) is 0 Å². The standard InChI is InChI=1S/2C21H32O2.CH2O2/c2*1-7-20(6,12-13-22)16(4)17(5)21-10-8-14(2)15(3)19(21)18(23)9-11-21;2-1-3/h2*7,14,16,22H,1,5,8-13H2,2-4,6H3;1H,(H,2,3). The van der Waals surface area contributed by atoms with Gasteiger partial charge in [0.25, 0.3) is 6.47 Å². The lowest BCUT2D eigenvalue weighted by atomic mass is 9.58. The van der Waals surface area contributed by atoms with Gasteiger partial charge in [-0.3, -0.25) is 14.4 Å². The Kier molecular flexibility index (Phi) is 14.6. The fourth-order valence-electron chi connectivity index (χ4n) is 9.29. The van der Waals surface area contributed by atoms with Crippen LogP contribution in [-0.4, -0.2) is 46.6 Å². The van der Waals surface area contributed by atoms with Gasteiger partial charge in [-0.2, -0.15) is 0 Å². The Hall–Kier alpha value is -2.83. The number of hydrogen-bond donors (Lipinski definition) is 3. The van der Waals surface area contributed by atoms with Gasteiger partial charge in [0.15, 0.2) is 11.6 Å². The van der Waals surface area contributed by atoms with Crippen LogP contribution in [0.3, 0.4) is 0 Å². The van der Waals surface area contributed by atoms with E-state index in [-0.39, 0.29) is 53.2 Å². The van der Waals surface area contributed by atoms with E-state index < -0.39 is 0 Å².